The van der Waals surface area contributed by atoms with E-state index in [-0.39, 0.29) is 36.0 Å². The van der Waals surface area contributed by atoms with E-state index >= 15 is 0 Å². The van der Waals surface area contributed by atoms with Crippen LogP contribution in [0.4, 0.5) is 11.4 Å². The molecule has 3 amide bonds. The van der Waals surface area contributed by atoms with Crippen LogP contribution in [0.2, 0.25) is 0 Å². The van der Waals surface area contributed by atoms with E-state index in [9.17, 15) is 29.1 Å². The summed E-state index contributed by atoms with van der Waals surface area (Å²) in [5, 5.41) is 11.3. The van der Waals surface area contributed by atoms with Gasteiger partial charge in [0.05, 0.1) is 34.2 Å². The fourth-order valence-corrected chi connectivity index (χ4v) is 4.83. The number of thioether (sulfide) groups is 1. The fourth-order valence-electron chi connectivity index (χ4n) is 3.78. The third-order valence-corrected chi connectivity index (χ3v) is 6.73. The first-order valence-corrected chi connectivity index (χ1v) is 12.2. The number of ether oxygens (including phenoxy) is 1. The highest BCUT2D eigenvalue weighted by Crippen LogP contribution is 2.34. The lowest BCUT2D eigenvalue weighted by Crippen LogP contribution is -2.31. The van der Waals surface area contributed by atoms with E-state index in [0.29, 0.717) is 16.9 Å². The van der Waals surface area contributed by atoms with Crippen molar-refractivity contribution in [2.24, 2.45) is 0 Å². The van der Waals surface area contributed by atoms with Gasteiger partial charge in [0.15, 0.2) is 0 Å². The average molecular weight is 519 g/mol. The summed E-state index contributed by atoms with van der Waals surface area (Å²) < 4.78 is 4.95. The van der Waals surface area contributed by atoms with Crippen LogP contribution in [-0.4, -0.2) is 46.6 Å². The molecule has 37 heavy (non-hydrogen) atoms. The Bertz CT molecular complexity index is 1370. The third-order valence-electron chi connectivity index (χ3n) is 5.53. The van der Waals surface area contributed by atoms with Crippen molar-refractivity contribution in [3.8, 4) is 0 Å². The lowest BCUT2D eigenvalue weighted by Gasteiger charge is -2.15. The third kappa shape index (κ3) is 5.70. The molecule has 2 N–H and O–H groups in total. The van der Waals surface area contributed by atoms with Gasteiger partial charge >= 0.3 is 11.9 Å². The number of amides is 3. The van der Waals surface area contributed by atoms with E-state index in [4.69, 9.17) is 4.74 Å². The van der Waals surface area contributed by atoms with Gasteiger partial charge in [0.25, 0.3) is 5.91 Å². The molecule has 0 bridgehead atoms. The molecule has 1 saturated heterocycles. The number of carboxylic acids is 1. The number of carbonyl (C=O) groups is 5. The SMILES string of the molecule is CCOC(=O)c1ccc(N2C(=O)C[C@H](Sc3ccc(NC(=O)c4ccccc4C(=O)O)cc3)C2=O)cc1. The van der Waals surface area contributed by atoms with Crippen LogP contribution >= 0.6 is 11.8 Å². The molecule has 0 spiro atoms. The molecule has 10 heteroatoms. The number of esters is 1. The number of benzene rings is 3. The molecule has 0 aromatic heterocycles. The van der Waals surface area contributed by atoms with Crippen LogP contribution in [0.15, 0.2) is 77.7 Å². The van der Waals surface area contributed by atoms with E-state index < -0.39 is 23.1 Å². The summed E-state index contributed by atoms with van der Waals surface area (Å²) in [6, 6.07) is 18.7. The predicted molar refractivity (Wildman–Crippen MR) is 137 cm³/mol. The van der Waals surface area contributed by atoms with E-state index in [1.54, 1.807) is 43.3 Å². The maximum absolute atomic E-state index is 13.0. The minimum atomic E-state index is -1.20. The zero-order chi connectivity index (χ0) is 26.5. The van der Waals surface area contributed by atoms with Crippen molar-refractivity contribution in [1.82, 2.24) is 0 Å². The normalized spacial score (nSPS) is 14.9. The molecule has 188 valence electrons. The van der Waals surface area contributed by atoms with Gasteiger partial charge in [-0.15, -0.1) is 11.8 Å². The van der Waals surface area contributed by atoms with Gasteiger partial charge in [-0.2, -0.15) is 0 Å². The Labute approximate surface area is 216 Å². The number of anilines is 2. The Hall–Kier alpha value is -4.44. The quantitative estimate of drug-likeness (QED) is 0.335. The van der Waals surface area contributed by atoms with Gasteiger partial charge in [-0.05, 0) is 67.6 Å². The Kier molecular flexibility index (Phi) is 7.69. The van der Waals surface area contributed by atoms with Crippen LogP contribution in [0, 0.1) is 0 Å². The van der Waals surface area contributed by atoms with Gasteiger partial charge in [0, 0.05) is 17.0 Å². The van der Waals surface area contributed by atoms with Gasteiger partial charge < -0.3 is 15.2 Å². The smallest absolute Gasteiger partial charge is 0.338 e. The summed E-state index contributed by atoms with van der Waals surface area (Å²) in [5.41, 5.74) is 1.10. The Morgan fingerprint density at radius 2 is 1.62 bits per heavy atom. The summed E-state index contributed by atoms with van der Waals surface area (Å²) in [6.07, 6.45) is 0.0214. The lowest BCUT2D eigenvalue weighted by molar-refractivity contribution is -0.121. The average Bonchev–Trinajstić information content (AvgIpc) is 3.17. The number of aromatic carboxylic acids is 1. The Morgan fingerprint density at radius 1 is 0.973 bits per heavy atom. The molecule has 1 fully saturated rings. The molecule has 3 aromatic rings. The number of nitrogens with one attached hydrogen (secondary N) is 1. The summed E-state index contributed by atoms with van der Waals surface area (Å²) >= 11 is 1.23. The highest BCUT2D eigenvalue weighted by Gasteiger charge is 2.40. The molecule has 0 aliphatic carbocycles. The van der Waals surface area contributed by atoms with E-state index in [1.165, 1.54) is 48.2 Å². The first-order chi connectivity index (χ1) is 17.8. The fraction of sp³-hybridized carbons (Fsp3) is 0.148. The van der Waals surface area contributed by atoms with Crippen LogP contribution < -0.4 is 10.2 Å². The molecular formula is C27H22N2O7S. The van der Waals surface area contributed by atoms with Gasteiger partial charge in [0.2, 0.25) is 11.8 Å². The molecule has 0 radical (unpaired) electrons. The highest BCUT2D eigenvalue weighted by molar-refractivity contribution is 8.00. The second-order valence-corrected chi connectivity index (χ2v) is 9.25. The van der Waals surface area contributed by atoms with E-state index in [0.717, 1.165) is 9.80 Å². The molecule has 1 atom stereocenters. The zero-order valence-corrected chi connectivity index (χ0v) is 20.5. The first-order valence-electron chi connectivity index (χ1n) is 11.3. The minimum Gasteiger partial charge on any atom is -0.478 e. The maximum Gasteiger partial charge on any atom is 0.338 e. The van der Waals surface area contributed by atoms with Gasteiger partial charge in [-0.25, -0.2) is 14.5 Å². The number of hydrogen-bond donors (Lipinski definition) is 2. The zero-order valence-electron chi connectivity index (χ0n) is 19.7. The molecule has 4 rings (SSSR count). The van der Waals surface area contributed by atoms with Crippen molar-refractivity contribution < 1.29 is 33.8 Å². The van der Waals surface area contributed by atoms with Crippen LogP contribution in [0.25, 0.3) is 0 Å². The Morgan fingerprint density at radius 3 is 2.24 bits per heavy atom. The van der Waals surface area contributed by atoms with Crippen molar-refractivity contribution in [3.63, 3.8) is 0 Å². The Balaban J connectivity index is 1.40. The number of carboxylic acid groups (broad SMARTS) is 1. The van der Waals surface area contributed by atoms with Crippen molar-refractivity contribution >= 4 is 52.8 Å². The van der Waals surface area contributed by atoms with E-state index in [1.807, 2.05) is 0 Å². The summed E-state index contributed by atoms with van der Waals surface area (Å²) in [4.78, 5) is 63.2. The highest BCUT2D eigenvalue weighted by atomic mass is 32.2. The molecule has 9 nitrogen and oxygen atoms in total. The number of imide groups is 1. The van der Waals surface area contributed by atoms with Gasteiger partial charge in [-0.1, -0.05) is 12.1 Å². The number of nitrogens with zero attached hydrogens (tertiary/aromatic N) is 1. The van der Waals surface area contributed by atoms with Crippen LogP contribution in [0.5, 0.6) is 0 Å². The maximum atomic E-state index is 13.0. The summed E-state index contributed by atoms with van der Waals surface area (Å²) in [5.74, 6) is -2.93. The monoisotopic (exact) mass is 518 g/mol. The molecular weight excluding hydrogens is 496 g/mol. The van der Waals surface area contributed by atoms with Crippen LogP contribution in [0.1, 0.15) is 44.4 Å². The van der Waals surface area contributed by atoms with E-state index in [2.05, 4.69) is 5.32 Å². The summed E-state index contributed by atoms with van der Waals surface area (Å²) in [6.45, 7) is 1.95. The standard InChI is InChI=1S/C27H22N2O7S/c1-2-36-27(35)16-7-11-18(12-8-16)29-23(30)15-22(25(29)32)37-19-13-9-17(10-14-19)28-24(31)20-5-3-4-6-21(20)26(33)34/h3-14,22H,2,15H2,1H3,(H,28,31)(H,33,34)/t22-/m0/s1. The minimum absolute atomic E-state index is 0.0214. The molecule has 0 saturated carbocycles. The van der Waals surface area contributed by atoms with Crippen LogP contribution in [-0.2, 0) is 14.3 Å². The molecule has 3 aromatic carbocycles. The van der Waals surface area contributed by atoms with Crippen molar-refractivity contribution in [3.05, 3.63) is 89.5 Å². The number of hydrogen-bond acceptors (Lipinski definition) is 7. The molecule has 1 heterocycles. The van der Waals surface area contributed by atoms with Crippen molar-refractivity contribution in [2.45, 2.75) is 23.5 Å². The second-order valence-electron chi connectivity index (χ2n) is 7.97. The molecule has 1 aliphatic rings. The number of carbonyl (C=O) groups excluding carboxylic acids is 4. The summed E-state index contributed by atoms with van der Waals surface area (Å²) in [7, 11) is 0. The lowest BCUT2D eigenvalue weighted by atomic mass is 10.1. The predicted octanol–water partition coefficient (Wildman–Crippen LogP) is 4.24. The topological polar surface area (TPSA) is 130 Å². The van der Waals surface area contributed by atoms with Crippen molar-refractivity contribution in [1.29, 1.82) is 0 Å². The molecule has 1 aliphatic heterocycles. The first kappa shape index (κ1) is 25.6. The van der Waals surface area contributed by atoms with Crippen molar-refractivity contribution in [2.75, 3.05) is 16.8 Å². The van der Waals surface area contributed by atoms with Gasteiger partial charge in [-0.3, -0.25) is 14.4 Å². The molecule has 0 unspecified atom stereocenters. The van der Waals surface area contributed by atoms with Gasteiger partial charge in [0.1, 0.15) is 0 Å². The largest absolute Gasteiger partial charge is 0.478 e. The second kappa shape index (κ2) is 11.1. The number of rotatable bonds is 8. The van der Waals surface area contributed by atoms with Crippen LogP contribution in [0.3, 0.4) is 0 Å².